The molecule has 1 saturated heterocycles. The molecule has 0 aromatic carbocycles. The number of hydrogen-bond donors (Lipinski definition) is 1. The summed E-state index contributed by atoms with van der Waals surface area (Å²) in [5.41, 5.74) is 0. The molecule has 2 rings (SSSR count). The van der Waals surface area contributed by atoms with Crippen molar-refractivity contribution in [3.05, 3.63) is 16.1 Å². The molecule has 22 heavy (non-hydrogen) atoms. The van der Waals surface area contributed by atoms with Gasteiger partial charge >= 0.3 is 0 Å². The Morgan fingerprint density at radius 2 is 2.23 bits per heavy atom. The summed E-state index contributed by atoms with van der Waals surface area (Å²) in [7, 11) is 0. The Kier molecular flexibility index (Phi) is 6.64. The van der Waals surface area contributed by atoms with E-state index in [2.05, 4.69) is 47.8 Å². The van der Waals surface area contributed by atoms with E-state index in [0.717, 1.165) is 43.7 Å². The van der Waals surface area contributed by atoms with Gasteiger partial charge in [-0.3, -0.25) is 4.90 Å². The minimum Gasteiger partial charge on any atom is -0.357 e. The summed E-state index contributed by atoms with van der Waals surface area (Å²) in [6, 6.07) is 0.654. The van der Waals surface area contributed by atoms with Crippen molar-refractivity contribution in [3.63, 3.8) is 0 Å². The Morgan fingerprint density at radius 1 is 1.45 bits per heavy atom. The lowest BCUT2D eigenvalue weighted by atomic mass is 10.2. The number of aromatic nitrogens is 1. The largest absolute Gasteiger partial charge is 0.357 e. The van der Waals surface area contributed by atoms with Gasteiger partial charge in [0.15, 0.2) is 5.96 Å². The van der Waals surface area contributed by atoms with Crippen molar-refractivity contribution in [3.8, 4) is 0 Å². The predicted molar refractivity (Wildman–Crippen MR) is 94.6 cm³/mol. The Balaban J connectivity index is 1.99. The molecular weight excluding hydrogens is 294 g/mol. The number of nitrogens with zero attached hydrogens (tertiary/aromatic N) is 4. The van der Waals surface area contributed by atoms with E-state index in [1.165, 1.54) is 11.3 Å². The molecule has 1 aliphatic heterocycles. The number of thiazole rings is 1. The monoisotopic (exact) mass is 323 g/mol. The van der Waals surface area contributed by atoms with Crippen LogP contribution in [0.2, 0.25) is 0 Å². The number of nitrogens with one attached hydrogen (secondary N) is 1. The minimum atomic E-state index is 0.654. The van der Waals surface area contributed by atoms with Gasteiger partial charge in [0.05, 0.1) is 6.54 Å². The topological polar surface area (TPSA) is 43.8 Å². The number of aliphatic imine (C=N–C) groups is 1. The van der Waals surface area contributed by atoms with E-state index in [0.29, 0.717) is 12.6 Å². The van der Waals surface area contributed by atoms with E-state index in [1.54, 1.807) is 11.3 Å². The van der Waals surface area contributed by atoms with Crippen molar-refractivity contribution in [2.75, 3.05) is 32.7 Å². The molecule has 124 valence electrons. The maximum Gasteiger partial charge on any atom is 0.194 e. The fraction of sp³-hybridized carbons (Fsp3) is 0.750. The van der Waals surface area contributed by atoms with Crippen LogP contribution in [0, 0.1) is 6.92 Å². The van der Waals surface area contributed by atoms with Crippen LogP contribution in [0.4, 0.5) is 0 Å². The highest BCUT2D eigenvalue weighted by Gasteiger charge is 2.27. The van der Waals surface area contributed by atoms with Crippen LogP contribution in [0.5, 0.6) is 0 Å². The van der Waals surface area contributed by atoms with Gasteiger partial charge in [0.1, 0.15) is 5.01 Å². The zero-order valence-corrected chi connectivity index (χ0v) is 15.1. The van der Waals surface area contributed by atoms with Gasteiger partial charge in [-0.05, 0) is 33.4 Å². The third-order valence-corrected chi connectivity index (χ3v) is 5.06. The zero-order valence-electron chi connectivity index (χ0n) is 14.3. The van der Waals surface area contributed by atoms with Crippen LogP contribution in [0.15, 0.2) is 11.2 Å². The molecule has 0 spiro atoms. The Labute approximate surface area is 138 Å². The first-order valence-corrected chi connectivity index (χ1v) is 9.18. The molecule has 1 unspecified atom stereocenters. The number of likely N-dealkylation sites (tertiary alicyclic amines) is 1. The first-order chi connectivity index (χ1) is 10.7. The molecule has 0 amide bonds. The molecule has 1 aliphatic rings. The smallest absolute Gasteiger partial charge is 0.194 e. The van der Waals surface area contributed by atoms with Gasteiger partial charge in [-0.25, -0.2) is 9.98 Å². The number of rotatable bonds is 6. The standard InChI is InChI=1S/C16H29N5S/c1-5-17-16(19-11-15-18-10-13(4)22-15)21-9-8-14(12-21)20(6-2)7-3/h10,14H,5-9,11-12H2,1-4H3,(H,17,19). The lowest BCUT2D eigenvalue weighted by Gasteiger charge is -2.27. The molecule has 0 radical (unpaired) electrons. The molecule has 0 saturated carbocycles. The van der Waals surface area contributed by atoms with E-state index in [-0.39, 0.29) is 0 Å². The van der Waals surface area contributed by atoms with Gasteiger partial charge in [-0.1, -0.05) is 13.8 Å². The van der Waals surface area contributed by atoms with Crippen LogP contribution < -0.4 is 5.32 Å². The molecule has 1 aromatic rings. The number of guanidine groups is 1. The first-order valence-electron chi connectivity index (χ1n) is 8.36. The van der Waals surface area contributed by atoms with Crippen molar-refractivity contribution in [2.45, 2.75) is 46.7 Å². The highest BCUT2D eigenvalue weighted by molar-refractivity contribution is 7.11. The van der Waals surface area contributed by atoms with Crippen molar-refractivity contribution >= 4 is 17.3 Å². The second kappa shape index (κ2) is 8.48. The third kappa shape index (κ3) is 4.43. The molecule has 5 nitrogen and oxygen atoms in total. The Hall–Kier alpha value is -1.14. The highest BCUT2D eigenvalue weighted by atomic mass is 32.1. The zero-order chi connectivity index (χ0) is 15.9. The van der Waals surface area contributed by atoms with E-state index < -0.39 is 0 Å². The normalized spacial score (nSPS) is 19.2. The fourth-order valence-electron chi connectivity index (χ4n) is 3.02. The molecule has 6 heteroatoms. The first kappa shape index (κ1) is 17.2. The molecule has 1 aromatic heterocycles. The quantitative estimate of drug-likeness (QED) is 0.645. The molecule has 0 aliphatic carbocycles. The average molecular weight is 324 g/mol. The van der Waals surface area contributed by atoms with Crippen LogP contribution in [-0.4, -0.2) is 59.5 Å². The molecular formula is C16H29N5S. The van der Waals surface area contributed by atoms with E-state index in [4.69, 9.17) is 4.99 Å². The summed E-state index contributed by atoms with van der Waals surface area (Å²) in [5.74, 6) is 1.03. The predicted octanol–water partition coefficient (Wildman–Crippen LogP) is 2.33. The number of aryl methyl sites for hydroxylation is 1. The van der Waals surface area contributed by atoms with Crippen LogP contribution >= 0.6 is 11.3 Å². The van der Waals surface area contributed by atoms with Gasteiger partial charge in [-0.15, -0.1) is 11.3 Å². The van der Waals surface area contributed by atoms with Crippen LogP contribution in [0.25, 0.3) is 0 Å². The number of hydrogen-bond acceptors (Lipinski definition) is 4. The van der Waals surface area contributed by atoms with E-state index in [9.17, 15) is 0 Å². The number of likely N-dealkylation sites (N-methyl/N-ethyl adjacent to an activating group) is 1. The molecule has 1 atom stereocenters. The second-order valence-corrected chi connectivity index (χ2v) is 6.96. The van der Waals surface area contributed by atoms with Crippen LogP contribution in [0.1, 0.15) is 37.1 Å². The Morgan fingerprint density at radius 3 is 2.82 bits per heavy atom. The minimum absolute atomic E-state index is 0.654. The molecule has 2 heterocycles. The van der Waals surface area contributed by atoms with Gasteiger partial charge in [0.25, 0.3) is 0 Å². The fourth-order valence-corrected chi connectivity index (χ4v) is 3.73. The van der Waals surface area contributed by atoms with Gasteiger partial charge < -0.3 is 10.2 Å². The van der Waals surface area contributed by atoms with E-state index >= 15 is 0 Å². The van der Waals surface area contributed by atoms with Crippen molar-refractivity contribution < 1.29 is 0 Å². The summed E-state index contributed by atoms with van der Waals surface area (Å²) in [6.07, 6.45) is 3.15. The summed E-state index contributed by atoms with van der Waals surface area (Å²) in [4.78, 5) is 15.4. The molecule has 1 N–H and O–H groups in total. The van der Waals surface area contributed by atoms with Gasteiger partial charge in [0.2, 0.25) is 0 Å². The highest BCUT2D eigenvalue weighted by Crippen LogP contribution is 2.16. The van der Waals surface area contributed by atoms with Crippen molar-refractivity contribution in [1.29, 1.82) is 0 Å². The maximum absolute atomic E-state index is 4.79. The van der Waals surface area contributed by atoms with Crippen LogP contribution in [-0.2, 0) is 6.54 Å². The summed E-state index contributed by atoms with van der Waals surface area (Å²) in [5, 5.41) is 4.52. The lowest BCUT2D eigenvalue weighted by molar-refractivity contribution is 0.223. The maximum atomic E-state index is 4.79. The SMILES string of the molecule is CCNC(=NCc1ncc(C)s1)N1CCC(N(CC)CC)C1. The average Bonchev–Trinajstić information content (AvgIpc) is 3.14. The summed E-state index contributed by atoms with van der Waals surface area (Å²) >= 11 is 1.73. The summed E-state index contributed by atoms with van der Waals surface area (Å²) < 4.78 is 0. The second-order valence-electron chi connectivity index (χ2n) is 5.64. The molecule has 0 bridgehead atoms. The van der Waals surface area contributed by atoms with Crippen LogP contribution in [0.3, 0.4) is 0 Å². The van der Waals surface area contributed by atoms with Gasteiger partial charge in [-0.2, -0.15) is 0 Å². The van der Waals surface area contributed by atoms with E-state index in [1.807, 2.05) is 6.20 Å². The van der Waals surface area contributed by atoms with Gasteiger partial charge in [0, 0.05) is 36.8 Å². The molecule has 1 fully saturated rings. The Bertz CT molecular complexity index is 481. The van der Waals surface area contributed by atoms with Crippen molar-refractivity contribution in [2.24, 2.45) is 4.99 Å². The third-order valence-electron chi connectivity index (χ3n) is 4.16. The van der Waals surface area contributed by atoms with Crippen molar-refractivity contribution in [1.82, 2.24) is 20.1 Å². The lowest BCUT2D eigenvalue weighted by Crippen LogP contribution is -2.43. The summed E-state index contributed by atoms with van der Waals surface area (Å²) in [6.45, 7) is 14.7.